The van der Waals surface area contributed by atoms with Gasteiger partial charge in [-0.1, -0.05) is 92.5 Å². The first-order valence-electron chi connectivity index (χ1n) is 12.6. The van der Waals surface area contributed by atoms with Gasteiger partial charge in [-0.2, -0.15) is 0 Å². The second kappa shape index (κ2) is 12.0. The quantitative estimate of drug-likeness (QED) is 0.207. The summed E-state index contributed by atoms with van der Waals surface area (Å²) in [6.07, 6.45) is 0.605. The molecule has 0 aliphatic carbocycles. The van der Waals surface area contributed by atoms with Crippen molar-refractivity contribution in [3.63, 3.8) is 0 Å². The van der Waals surface area contributed by atoms with Crippen molar-refractivity contribution < 1.29 is 9.53 Å². The van der Waals surface area contributed by atoms with Crippen LogP contribution in [0.15, 0.2) is 129 Å². The zero-order chi connectivity index (χ0) is 26.5. The van der Waals surface area contributed by atoms with Crippen LogP contribution in [-0.2, 0) is 9.53 Å². The number of rotatable bonds is 7. The number of carbonyl (C=O) groups excluding carboxylic acids is 1. The molecule has 192 valence electrons. The number of ether oxygens (including phenoxy) is 1. The van der Waals surface area contributed by atoms with Crippen molar-refractivity contribution in [3.05, 3.63) is 141 Å². The van der Waals surface area contributed by atoms with E-state index in [9.17, 15) is 4.79 Å². The molecule has 5 rings (SSSR count). The average Bonchev–Trinajstić information content (AvgIpc) is 2.95. The van der Waals surface area contributed by atoms with Crippen LogP contribution in [0.2, 0.25) is 0 Å². The first-order valence-corrected chi connectivity index (χ1v) is 14.2. The van der Waals surface area contributed by atoms with E-state index in [0.717, 1.165) is 31.6 Å². The second-order valence-electron chi connectivity index (χ2n) is 9.07. The molecule has 0 saturated carbocycles. The number of hydrogen-bond acceptors (Lipinski definition) is 4. The third-order valence-electron chi connectivity index (χ3n) is 6.67. The smallest absolute Gasteiger partial charge is 0.338 e. The molecular weight excluding hydrogens is 604 g/mol. The third-order valence-corrected chi connectivity index (χ3v) is 7.73. The van der Waals surface area contributed by atoms with Gasteiger partial charge in [0, 0.05) is 32.4 Å². The van der Waals surface area contributed by atoms with E-state index in [1.165, 1.54) is 5.56 Å². The summed E-state index contributed by atoms with van der Waals surface area (Å²) in [6.45, 7) is 2.15. The summed E-state index contributed by atoms with van der Waals surface area (Å²) in [5.74, 6) is -0.311. The van der Waals surface area contributed by atoms with Gasteiger partial charge in [0.25, 0.3) is 0 Å². The fourth-order valence-corrected chi connectivity index (χ4v) is 5.54. The molecule has 1 N–H and O–H groups in total. The number of nitrogens with zero attached hydrogens (tertiary/aromatic N) is 1. The number of esters is 1. The van der Waals surface area contributed by atoms with E-state index in [0.29, 0.717) is 18.6 Å². The van der Waals surface area contributed by atoms with Gasteiger partial charge < -0.3 is 15.0 Å². The van der Waals surface area contributed by atoms with E-state index >= 15 is 0 Å². The highest BCUT2D eigenvalue weighted by Gasteiger charge is 2.41. The Bertz CT molecular complexity index is 1410. The maximum absolute atomic E-state index is 13.7. The van der Waals surface area contributed by atoms with Crippen molar-refractivity contribution in [3.8, 4) is 0 Å². The number of carbonyl (C=O) groups is 1. The van der Waals surface area contributed by atoms with Gasteiger partial charge in [-0.15, -0.1) is 0 Å². The molecule has 1 heterocycles. The summed E-state index contributed by atoms with van der Waals surface area (Å²) in [5, 5.41) is 3.60. The molecule has 2 unspecified atom stereocenters. The van der Waals surface area contributed by atoms with Crippen molar-refractivity contribution in [1.82, 2.24) is 0 Å². The van der Waals surface area contributed by atoms with Gasteiger partial charge in [0.2, 0.25) is 0 Å². The lowest BCUT2D eigenvalue weighted by Crippen LogP contribution is -2.41. The van der Waals surface area contributed by atoms with Crippen LogP contribution >= 0.6 is 31.9 Å². The average molecular weight is 632 g/mol. The minimum Gasteiger partial charge on any atom is -0.463 e. The fourth-order valence-electron chi connectivity index (χ4n) is 5.01. The lowest BCUT2D eigenvalue weighted by atomic mass is 9.84. The maximum atomic E-state index is 13.7. The molecule has 4 aromatic carbocycles. The summed E-state index contributed by atoms with van der Waals surface area (Å²) >= 11 is 7.10. The molecule has 2 atom stereocenters. The minimum absolute atomic E-state index is 0.0290. The van der Waals surface area contributed by atoms with E-state index in [-0.39, 0.29) is 18.1 Å². The number of hydrogen-bond donors (Lipinski definition) is 1. The van der Waals surface area contributed by atoms with E-state index < -0.39 is 0 Å². The van der Waals surface area contributed by atoms with Crippen LogP contribution in [0.4, 0.5) is 11.4 Å². The van der Waals surface area contributed by atoms with Crippen LogP contribution in [0.3, 0.4) is 0 Å². The molecule has 4 aromatic rings. The number of nitrogens with one attached hydrogen (secondary N) is 1. The highest BCUT2D eigenvalue weighted by molar-refractivity contribution is 9.10. The first kappa shape index (κ1) is 26.3. The standard InChI is InChI=1S/C32H28Br2N2O2/c1-2-38-32(37)30-28(35-26-17-13-24(33)14-18-26)21-29(22-9-5-3-6-10-22)36(27-19-15-25(34)16-20-27)31(30)23-11-7-4-8-12-23/h3-20,29,31,35H,2,21H2,1H3. The number of benzene rings is 4. The second-order valence-corrected chi connectivity index (χ2v) is 10.9. The van der Waals surface area contributed by atoms with Crippen LogP contribution < -0.4 is 10.2 Å². The molecule has 1 aliphatic rings. The summed E-state index contributed by atoms with van der Waals surface area (Å²) in [7, 11) is 0. The topological polar surface area (TPSA) is 41.6 Å². The fraction of sp³-hybridized carbons (Fsp3) is 0.156. The summed E-state index contributed by atoms with van der Waals surface area (Å²) in [6, 6.07) is 36.6. The van der Waals surface area contributed by atoms with Crippen molar-refractivity contribution >= 4 is 49.2 Å². The Morgan fingerprint density at radius 2 is 1.37 bits per heavy atom. The molecule has 0 bridgehead atoms. The lowest BCUT2D eigenvalue weighted by Gasteiger charge is -2.46. The van der Waals surface area contributed by atoms with Gasteiger partial charge in [0.15, 0.2) is 0 Å². The zero-order valence-corrected chi connectivity index (χ0v) is 24.2. The predicted octanol–water partition coefficient (Wildman–Crippen LogP) is 8.83. The molecule has 38 heavy (non-hydrogen) atoms. The molecule has 0 saturated heterocycles. The molecule has 0 radical (unpaired) electrons. The lowest BCUT2D eigenvalue weighted by molar-refractivity contribution is -0.139. The van der Waals surface area contributed by atoms with Gasteiger partial charge >= 0.3 is 5.97 Å². The van der Waals surface area contributed by atoms with Crippen LogP contribution in [0.25, 0.3) is 0 Å². The highest BCUT2D eigenvalue weighted by Crippen LogP contribution is 2.48. The van der Waals surface area contributed by atoms with Gasteiger partial charge in [0.05, 0.1) is 24.3 Å². The summed E-state index contributed by atoms with van der Waals surface area (Å²) in [4.78, 5) is 16.1. The number of anilines is 2. The monoisotopic (exact) mass is 630 g/mol. The molecule has 4 nitrogen and oxygen atoms in total. The van der Waals surface area contributed by atoms with Crippen LogP contribution in [0, 0.1) is 0 Å². The third kappa shape index (κ3) is 5.71. The normalized spacial score (nSPS) is 17.3. The summed E-state index contributed by atoms with van der Waals surface area (Å²) < 4.78 is 7.69. The SMILES string of the molecule is CCOC(=O)C1=C(Nc2ccc(Br)cc2)CC(c2ccccc2)N(c2ccc(Br)cc2)C1c1ccccc1. The molecule has 0 aromatic heterocycles. The Morgan fingerprint density at radius 3 is 1.95 bits per heavy atom. The van der Waals surface area contributed by atoms with Gasteiger partial charge in [-0.25, -0.2) is 4.79 Å². The molecule has 0 amide bonds. The van der Waals surface area contributed by atoms with Crippen LogP contribution in [0.5, 0.6) is 0 Å². The van der Waals surface area contributed by atoms with Gasteiger partial charge in [0.1, 0.15) is 0 Å². The molecular formula is C32H28Br2N2O2. The largest absolute Gasteiger partial charge is 0.463 e. The highest BCUT2D eigenvalue weighted by atomic mass is 79.9. The van der Waals surface area contributed by atoms with Crippen molar-refractivity contribution in [1.29, 1.82) is 0 Å². The Balaban J connectivity index is 1.76. The van der Waals surface area contributed by atoms with E-state index in [1.807, 2.05) is 67.6 Å². The van der Waals surface area contributed by atoms with Gasteiger partial charge in [-0.05, 0) is 66.6 Å². The van der Waals surface area contributed by atoms with E-state index in [4.69, 9.17) is 4.74 Å². The Morgan fingerprint density at radius 1 is 0.816 bits per heavy atom. The van der Waals surface area contributed by atoms with Crippen molar-refractivity contribution in [2.45, 2.75) is 25.4 Å². The van der Waals surface area contributed by atoms with E-state index in [1.54, 1.807) is 0 Å². The van der Waals surface area contributed by atoms with E-state index in [2.05, 4.69) is 90.6 Å². The molecule has 6 heteroatoms. The van der Waals surface area contributed by atoms with Crippen LogP contribution in [-0.4, -0.2) is 12.6 Å². The zero-order valence-electron chi connectivity index (χ0n) is 21.0. The van der Waals surface area contributed by atoms with Crippen LogP contribution in [0.1, 0.15) is 36.6 Å². The number of halogens is 2. The summed E-state index contributed by atoms with van der Waals surface area (Å²) in [5.41, 5.74) is 5.63. The molecule has 0 fully saturated rings. The predicted molar refractivity (Wildman–Crippen MR) is 161 cm³/mol. The maximum Gasteiger partial charge on any atom is 0.338 e. The molecule has 0 spiro atoms. The van der Waals surface area contributed by atoms with Crippen molar-refractivity contribution in [2.24, 2.45) is 0 Å². The molecule has 1 aliphatic heterocycles. The Labute approximate surface area is 240 Å². The Kier molecular flexibility index (Phi) is 8.30. The first-order chi connectivity index (χ1) is 18.5. The van der Waals surface area contributed by atoms with Gasteiger partial charge in [-0.3, -0.25) is 0 Å². The van der Waals surface area contributed by atoms with Crippen molar-refractivity contribution in [2.75, 3.05) is 16.8 Å². The minimum atomic E-state index is -0.367. The Hall–Kier alpha value is -3.35.